The highest BCUT2D eigenvalue weighted by Crippen LogP contribution is 2.33. The SMILES string of the molecule is C=C(C)C(=O)OC(C)[Si](O[Si](C)(C)O[Si](C)(C)C)(O[Si](C)(C)O[Si](C)(C)C)O[Si](C)(C)O[Si](C)(C)C. The average Bonchev–Trinajstić information content (AvgIpc) is 2.44. The van der Waals surface area contributed by atoms with Gasteiger partial charge in [0.15, 0.2) is 30.7 Å². The Kier molecular flexibility index (Phi) is 12.5. The second-order valence-corrected chi connectivity index (χ2v) is 41.6. The number of carbonyl (C=O) groups is 1. The summed E-state index contributed by atoms with van der Waals surface area (Å²) in [6.07, 6.45) is 0. The molecule has 0 fully saturated rings. The number of hydrogen-bond donors (Lipinski definition) is 0. The van der Waals surface area contributed by atoms with Crippen LogP contribution in [0.25, 0.3) is 0 Å². The predicted molar refractivity (Wildman–Crippen MR) is 165 cm³/mol. The van der Waals surface area contributed by atoms with E-state index < -0.39 is 71.1 Å². The van der Waals surface area contributed by atoms with Crippen LogP contribution in [0.4, 0.5) is 0 Å². The van der Waals surface area contributed by atoms with Gasteiger partial charge in [0.2, 0.25) is 0 Å². The summed E-state index contributed by atoms with van der Waals surface area (Å²) in [5, 5.41) is 0. The second kappa shape index (κ2) is 12.3. The molecule has 0 spiro atoms. The van der Waals surface area contributed by atoms with Gasteiger partial charge >= 0.3 is 40.5 Å². The molecular weight excluding hydrogens is 577 g/mol. The molecule has 0 saturated carbocycles. The van der Waals surface area contributed by atoms with Crippen molar-refractivity contribution in [1.82, 2.24) is 0 Å². The molecule has 36 heavy (non-hydrogen) atoms. The van der Waals surface area contributed by atoms with Crippen LogP contribution in [0.2, 0.25) is 98.2 Å². The Bertz CT molecular complexity index is 694. The Morgan fingerprint density at radius 3 is 1.00 bits per heavy atom. The summed E-state index contributed by atoms with van der Waals surface area (Å²) < 4.78 is 46.3. The van der Waals surface area contributed by atoms with Gasteiger partial charge in [-0.3, -0.25) is 0 Å². The normalized spacial score (nSPS) is 15.6. The molecule has 0 N–H and O–H groups in total. The molecule has 1 unspecified atom stereocenters. The standard InChI is InChI=1S/C21H54O8Si7/c1-19(2)21(22)23-20(3)36(27-33(13,14)24-30(4,5)6,28-34(15,16)25-31(7,8)9)29-35(17,18)26-32(10,11)12/h20H,1H2,2-18H3. The van der Waals surface area contributed by atoms with Gasteiger partial charge < -0.3 is 29.4 Å². The average molecular weight is 631 g/mol. The third-order valence-electron chi connectivity index (χ3n) is 3.95. The monoisotopic (exact) mass is 630 g/mol. The molecule has 0 aromatic rings. The van der Waals surface area contributed by atoms with Crippen LogP contribution in [-0.2, 0) is 34.2 Å². The zero-order valence-electron chi connectivity index (χ0n) is 26.1. The van der Waals surface area contributed by atoms with Crippen LogP contribution < -0.4 is 0 Å². The van der Waals surface area contributed by atoms with E-state index in [-0.39, 0.29) is 0 Å². The zero-order chi connectivity index (χ0) is 29.2. The summed E-state index contributed by atoms with van der Waals surface area (Å²) in [7, 11) is -18.2. The summed E-state index contributed by atoms with van der Waals surface area (Å²) in [5.74, 6) is -0.517. The first-order valence-corrected chi connectivity index (χ1v) is 33.0. The second-order valence-electron chi connectivity index (χ2n) is 13.6. The summed E-state index contributed by atoms with van der Waals surface area (Å²) >= 11 is 0. The molecule has 214 valence electrons. The molecule has 0 heterocycles. The molecule has 0 bridgehead atoms. The van der Waals surface area contributed by atoms with Gasteiger partial charge in [-0.2, -0.15) is 0 Å². The van der Waals surface area contributed by atoms with Gasteiger partial charge in [0.05, 0.1) is 0 Å². The summed E-state index contributed by atoms with van der Waals surface area (Å²) in [5.41, 5.74) is -0.517. The molecule has 0 aliphatic carbocycles. The lowest BCUT2D eigenvalue weighted by Gasteiger charge is -2.47. The molecule has 0 rings (SSSR count). The van der Waals surface area contributed by atoms with Crippen molar-refractivity contribution in [2.45, 2.75) is 118 Å². The van der Waals surface area contributed by atoms with E-state index in [4.69, 9.17) is 29.4 Å². The highest BCUT2D eigenvalue weighted by atomic mass is 28.5. The largest absolute Gasteiger partial charge is 0.517 e. The first-order valence-electron chi connectivity index (χ1n) is 12.6. The van der Waals surface area contributed by atoms with Gasteiger partial charge in [0, 0.05) is 5.57 Å². The van der Waals surface area contributed by atoms with Crippen molar-refractivity contribution < 1.29 is 34.2 Å². The van der Waals surface area contributed by atoms with E-state index in [1.54, 1.807) is 13.8 Å². The first kappa shape index (κ1) is 36.5. The molecule has 0 aliphatic rings. The summed E-state index contributed by atoms with van der Waals surface area (Å²) in [6, 6.07) is 0. The van der Waals surface area contributed by atoms with Crippen LogP contribution in [0.1, 0.15) is 13.8 Å². The molecule has 0 amide bonds. The van der Waals surface area contributed by atoms with Gasteiger partial charge in [-0.25, -0.2) is 4.79 Å². The smallest absolute Gasteiger partial charge is 0.455 e. The van der Waals surface area contributed by atoms with Crippen LogP contribution in [0.5, 0.6) is 0 Å². The van der Waals surface area contributed by atoms with E-state index in [0.29, 0.717) is 5.57 Å². The minimum absolute atomic E-state index is 0.296. The minimum atomic E-state index is -3.82. The topological polar surface area (TPSA) is 81.7 Å². The first-order chi connectivity index (χ1) is 15.5. The lowest BCUT2D eigenvalue weighted by Crippen LogP contribution is -2.71. The fourth-order valence-electron chi connectivity index (χ4n) is 3.95. The molecule has 0 radical (unpaired) electrons. The Balaban J connectivity index is 6.91. The lowest BCUT2D eigenvalue weighted by molar-refractivity contribution is -0.142. The molecule has 0 saturated heterocycles. The number of ether oxygens (including phenoxy) is 1. The quantitative estimate of drug-likeness (QED) is 0.113. The Morgan fingerprint density at radius 2 is 0.806 bits per heavy atom. The van der Waals surface area contributed by atoms with Gasteiger partial charge in [-0.1, -0.05) is 6.58 Å². The van der Waals surface area contributed by atoms with Gasteiger partial charge in [-0.05, 0) is 112 Å². The highest BCUT2D eigenvalue weighted by Gasteiger charge is 2.61. The van der Waals surface area contributed by atoms with Crippen LogP contribution >= 0.6 is 0 Å². The maximum Gasteiger partial charge on any atom is 0.517 e. The Hall–Kier alpha value is 0.488. The summed E-state index contributed by atoms with van der Waals surface area (Å²) in [4.78, 5) is 12.7. The Labute approximate surface area is 228 Å². The molecule has 1 atom stereocenters. The van der Waals surface area contributed by atoms with Crippen LogP contribution in [-0.4, -0.2) is 71.1 Å². The summed E-state index contributed by atoms with van der Waals surface area (Å²) in [6.45, 7) is 38.2. The van der Waals surface area contributed by atoms with E-state index in [1.807, 2.05) is 39.3 Å². The van der Waals surface area contributed by atoms with Crippen LogP contribution in [0.3, 0.4) is 0 Å². The number of hydrogen-bond acceptors (Lipinski definition) is 8. The van der Waals surface area contributed by atoms with Crippen molar-refractivity contribution in [3.05, 3.63) is 12.2 Å². The van der Waals surface area contributed by atoms with Gasteiger partial charge in [0.1, 0.15) is 0 Å². The fourth-order valence-corrected chi connectivity index (χ4v) is 35.4. The molecular formula is C21H54O8Si7. The van der Waals surface area contributed by atoms with Crippen molar-refractivity contribution in [3.8, 4) is 0 Å². The molecule has 15 heteroatoms. The number of esters is 1. The van der Waals surface area contributed by atoms with E-state index in [0.717, 1.165) is 0 Å². The van der Waals surface area contributed by atoms with Gasteiger partial charge in [0.25, 0.3) is 0 Å². The van der Waals surface area contributed by atoms with Crippen molar-refractivity contribution >= 4 is 65.4 Å². The van der Waals surface area contributed by atoms with E-state index >= 15 is 0 Å². The van der Waals surface area contributed by atoms with E-state index in [9.17, 15) is 4.79 Å². The molecule has 0 aromatic heterocycles. The third kappa shape index (κ3) is 15.2. The maximum atomic E-state index is 12.7. The Morgan fingerprint density at radius 1 is 0.556 bits per heavy atom. The van der Waals surface area contributed by atoms with Crippen molar-refractivity contribution in [3.63, 3.8) is 0 Å². The van der Waals surface area contributed by atoms with E-state index in [1.165, 1.54) is 0 Å². The van der Waals surface area contributed by atoms with E-state index in [2.05, 4.69) is 65.5 Å². The molecule has 8 nitrogen and oxygen atoms in total. The third-order valence-corrected chi connectivity index (χ3v) is 27.6. The van der Waals surface area contributed by atoms with Crippen molar-refractivity contribution in [2.24, 2.45) is 0 Å². The number of carbonyl (C=O) groups excluding carboxylic acids is 1. The van der Waals surface area contributed by atoms with Gasteiger partial charge in [-0.15, -0.1) is 0 Å². The highest BCUT2D eigenvalue weighted by molar-refractivity contribution is 6.93. The lowest BCUT2D eigenvalue weighted by atomic mass is 10.4. The molecule has 0 aliphatic heterocycles. The fraction of sp³-hybridized carbons (Fsp3) is 0.857. The minimum Gasteiger partial charge on any atom is -0.455 e. The number of rotatable bonds is 15. The molecule has 0 aromatic carbocycles. The van der Waals surface area contributed by atoms with Crippen molar-refractivity contribution in [1.29, 1.82) is 0 Å². The van der Waals surface area contributed by atoms with Crippen molar-refractivity contribution in [2.75, 3.05) is 0 Å². The van der Waals surface area contributed by atoms with Crippen LogP contribution in [0, 0.1) is 0 Å². The maximum absolute atomic E-state index is 12.7. The predicted octanol–water partition coefficient (Wildman–Crippen LogP) is 6.68. The zero-order valence-corrected chi connectivity index (χ0v) is 33.1. The van der Waals surface area contributed by atoms with Crippen LogP contribution in [0.15, 0.2) is 12.2 Å².